The molecular weight excluding hydrogens is 379 g/mol. The van der Waals surface area contributed by atoms with Gasteiger partial charge in [0.1, 0.15) is 13.7 Å². The number of benzene rings is 2. The smallest absolute Gasteiger partial charge is 0.161 e. The van der Waals surface area contributed by atoms with Gasteiger partial charge in [0.2, 0.25) is 0 Å². The van der Waals surface area contributed by atoms with Crippen molar-refractivity contribution < 1.29 is 8.78 Å². The zero-order chi connectivity index (χ0) is 20.7. The van der Waals surface area contributed by atoms with E-state index >= 15 is 0 Å². The Bertz CT molecular complexity index is 996. The average molecular weight is 407 g/mol. The van der Waals surface area contributed by atoms with Crippen LogP contribution in [0.1, 0.15) is 43.5 Å². The Morgan fingerprint density at radius 1 is 1.07 bits per heavy atom. The first kappa shape index (κ1) is 19.7. The number of rotatable bonds is 6. The van der Waals surface area contributed by atoms with Crippen LogP contribution in [0.2, 0.25) is 0 Å². The van der Waals surface area contributed by atoms with Gasteiger partial charge in [-0.25, -0.2) is 13.8 Å². The summed E-state index contributed by atoms with van der Waals surface area (Å²) in [5.74, 6) is 0.0479. The second-order valence-electron chi connectivity index (χ2n) is 9.36. The third-order valence-corrected chi connectivity index (χ3v) is 7.10. The van der Waals surface area contributed by atoms with Crippen molar-refractivity contribution >= 4 is 24.3 Å². The van der Waals surface area contributed by atoms with E-state index in [1.165, 1.54) is 42.5 Å². The lowest BCUT2D eigenvalue weighted by atomic mass is 9.69. The van der Waals surface area contributed by atoms with Crippen molar-refractivity contribution in [2.45, 2.75) is 43.9 Å². The van der Waals surface area contributed by atoms with Crippen LogP contribution in [0, 0.1) is 17.6 Å². The first-order valence-electron chi connectivity index (χ1n) is 11.1. The van der Waals surface area contributed by atoms with Crippen LogP contribution in [0.4, 0.5) is 8.78 Å². The van der Waals surface area contributed by atoms with E-state index in [1.54, 1.807) is 0 Å². The molecule has 0 unspecified atom stereocenters. The normalized spacial score (nSPS) is 19.4. The Labute approximate surface area is 177 Å². The number of H-pyrrole nitrogens is 1. The average Bonchev–Trinajstić information content (AvgIpc) is 3.47. The molecule has 6 heteroatoms. The van der Waals surface area contributed by atoms with Crippen LogP contribution in [0.15, 0.2) is 36.4 Å². The van der Waals surface area contributed by atoms with Crippen LogP contribution < -0.4 is 5.46 Å². The highest BCUT2D eigenvalue weighted by Gasteiger charge is 2.37. The van der Waals surface area contributed by atoms with Gasteiger partial charge >= 0.3 is 0 Å². The summed E-state index contributed by atoms with van der Waals surface area (Å²) in [5.41, 5.74) is 3.87. The first-order valence-corrected chi connectivity index (χ1v) is 11.1. The summed E-state index contributed by atoms with van der Waals surface area (Å²) >= 11 is 0. The number of hydrogen-bond donors (Lipinski definition) is 1. The van der Waals surface area contributed by atoms with Gasteiger partial charge in [-0.05, 0) is 62.1 Å². The topological polar surface area (TPSA) is 31.9 Å². The van der Waals surface area contributed by atoms with Crippen molar-refractivity contribution in [2.75, 3.05) is 19.6 Å². The molecule has 0 bridgehead atoms. The Kier molecular flexibility index (Phi) is 5.14. The number of aromatic nitrogens is 2. The van der Waals surface area contributed by atoms with Crippen molar-refractivity contribution in [1.29, 1.82) is 0 Å². The summed E-state index contributed by atoms with van der Waals surface area (Å²) in [6.07, 6.45) is 6.84. The molecule has 2 fully saturated rings. The Hall–Kier alpha value is -2.21. The highest BCUT2D eigenvalue weighted by molar-refractivity contribution is 6.32. The van der Waals surface area contributed by atoms with Gasteiger partial charge in [-0.15, -0.1) is 0 Å². The molecule has 2 heterocycles. The summed E-state index contributed by atoms with van der Waals surface area (Å²) in [5, 5.41) is 0. The van der Waals surface area contributed by atoms with Crippen molar-refractivity contribution in [3.05, 3.63) is 59.4 Å². The molecule has 30 heavy (non-hydrogen) atoms. The molecule has 5 rings (SSSR count). The predicted octanol–water partition coefficient (Wildman–Crippen LogP) is 3.48. The quantitative estimate of drug-likeness (QED) is 0.635. The molecule has 1 N–H and O–H groups in total. The monoisotopic (exact) mass is 407 g/mol. The lowest BCUT2D eigenvalue weighted by Crippen LogP contribution is -2.43. The molecule has 2 aliphatic rings. The molecule has 156 valence electrons. The third kappa shape index (κ3) is 4.02. The van der Waals surface area contributed by atoms with Crippen LogP contribution in [0.25, 0.3) is 11.0 Å². The molecule has 0 amide bonds. The summed E-state index contributed by atoms with van der Waals surface area (Å²) in [6.45, 7) is 3.53. The molecular formula is C24H28BF2N3. The van der Waals surface area contributed by atoms with Crippen LogP contribution in [0.3, 0.4) is 0 Å². The minimum absolute atomic E-state index is 0.128. The molecule has 1 aromatic heterocycles. The van der Waals surface area contributed by atoms with Crippen molar-refractivity contribution in [1.82, 2.24) is 14.9 Å². The van der Waals surface area contributed by atoms with E-state index in [0.717, 1.165) is 50.5 Å². The van der Waals surface area contributed by atoms with E-state index in [1.807, 2.05) is 0 Å². The minimum Gasteiger partial charge on any atom is -0.342 e. The lowest BCUT2D eigenvalue weighted by Gasteiger charge is -2.42. The van der Waals surface area contributed by atoms with Crippen LogP contribution in [0.5, 0.6) is 0 Å². The maximum Gasteiger partial charge on any atom is 0.161 e. The number of hydrogen-bond acceptors (Lipinski definition) is 2. The number of likely N-dealkylation sites (tertiary alicyclic amines) is 1. The van der Waals surface area contributed by atoms with E-state index in [-0.39, 0.29) is 5.41 Å². The number of nitrogens with one attached hydrogen (secondary N) is 1. The molecule has 0 atom stereocenters. The molecule has 1 saturated heterocycles. The number of imidazole rings is 1. The highest BCUT2D eigenvalue weighted by atomic mass is 19.2. The van der Waals surface area contributed by atoms with Crippen LogP contribution >= 0.6 is 0 Å². The SMILES string of the molecule is Bc1ccc(C2(CCc3nc4cc(F)c(F)cc4[nH]3)CCN(CC3CC3)CC2)cc1. The van der Waals surface area contributed by atoms with E-state index in [4.69, 9.17) is 0 Å². The van der Waals surface area contributed by atoms with E-state index < -0.39 is 11.6 Å². The Morgan fingerprint density at radius 2 is 1.77 bits per heavy atom. The minimum atomic E-state index is -0.847. The fourth-order valence-electron chi connectivity index (χ4n) is 4.95. The van der Waals surface area contributed by atoms with Gasteiger partial charge in [0, 0.05) is 25.1 Å². The number of piperidine rings is 1. The van der Waals surface area contributed by atoms with Crippen molar-refractivity contribution in [3.63, 3.8) is 0 Å². The van der Waals surface area contributed by atoms with Crippen molar-refractivity contribution in [3.8, 4) is 0 Å². The molecule has 0 radical (unpaired) electrons. The molecule has 1 aliphatic heterocycles. The maximum absolute atomic E-state index is 13.6. The fourth-order valence-corrected chi connectivity index (χ4v) is 4.95. The standard InChI is InChI=1S/C24H28BF2N3/c25-18-5-3-17(4-6-18)24(9-11-30(12-10-24)15-16-1-2-16)8-7-23-28-21-13-19(26)20(27)14-22(21)29-23/h3-6,13-14,16H,1-2,7-12,15,25H2,(H,28,29). The summed E-state index contributed by atoms with van der Waals surface area (Å²) in [4.78, 5) is 10.4. The van der Waals surface area contributed by atoms with Gasteiger partial charge < -0.3 is 9.88 Å². The zero-order valence-corrected chi connectivity index (χ0v) is 17.6. The first-order chi connectivity index (χ1) is 14.5. The van der Waals surface area contributed by atoms with E-state index in [0.29, 0.717) is 11.0 Å². The molecule has 1 aliphatic carbocycles. The van der Waals surface area contributed by atoms with Gasteiger partial charge in [0.25, 0.3) is 0 Å². The van der Waals surface area contributed by atoms with E-state index in [9.17, 15) is 8.78 Å². The number of fused-ring (bicyclic) bond motifs is 1. The van der Waals surface area contributed by atoms with Gasteiger partial charge in [0.05, 0.1) is 11.0 Å². The molecule has 3 nitrogen and oxygen atoms in total. The van der Waals surface area contributed by atoms with Gasteiger partial charge in [-0.3, -0.25) is 0 Å². The zero-order valence-electron chi connectivity index (χ0n) is 17.6. The summed E-state index contributed by atoms with van der Waals surface area (Å²) < 4.78 is 27.1. The van der Waals surface area contributed by atoms with Crippen LogP contribution in [-0.2, 0) is 11.8 Å². The predicted molar refractivity (Wildman–Crippen MR) is 119 cm³/mol. The number of aromatic amines is 1. The second kappa shape index (κ2) is 7.80. The largest absolute Gasteiger partial charge is 0.342 e. The number of halogens is 2. The highest BCUT2D eigenvalue weighted by Crippen LogP contribution is 2.40. The molecule has 3 aromatic rings. The molecule has 0 spiro atoms. The number of aryl methyl sites for hydroxylation is 1. The summed E-state index contributed by atoms with van der Waals surface area (Å²) in [7, 11) is 2.13. The molecule has 2 aromatic carbocycles. The lowest BCUT2D eigenvalue weighted by molar-refractivity contribution is 0.146. The summed E-state index contributed by atoms with van der Waals surface area (Å²) in [6, 6.07) is 11.4. The van der Waals surface area contributed by atoms with Gasteiger partial charge in [-0.2, -0.15) is 0 Å². The maximum atomic E-state index is 13.6. The Morgan fingerprint density at radius 3 is 2.47 bits per heavy atom. The fraction of sp³-hybridized carbons (Fsp3) is 0.458. The van der Waals surface area contributed by atoms with Crippen molar-refractivity contribution in [2.24, 2.45) is 5.92 Å². The third-order valence-electron chi connectivity index (χ3n) is 7.10. The van der Waals surface area contributed by atoms with E-state index in [2.05, 4.69) is 47.0 Å². The number of nitrogens with zero attached hydrogens (tertiary/aromatic N) is 2. The van der Waals surface area contributed by atoms with Crippen LogP contribution in [-0.4, -0.2) is 42.3 Å². The Balaban J connectivity index is 1.36. The van der Waals surface area contributed by atoms with Gasteiger partial charge in [0.15, 0.2) is 11.6 Å². The van der Waals surface area contributed by atoms with Gasteiger partial charge in [-0.1, -0.05) is 29.7 Å². The molecule has 1 saturated carbocycles. The second-order valence-corrected chi connectivity index (χ2v) is 9.36.